The highest BCUT2D eigenvalue weighted by atomic mass is 16.2. The van der Waals surface area contributed by atoms with Crippen LogP contribution < -0.4 is 5.32 Å². The molecule has 2 aromatic heterocycles. The maximum absolute atomic E-state index is 11.6. The van der Waals surface area contributed by atoms with Crippen molar-refractivity contribution in [2.75, 3.05) is 5.32 Å². The summed E-state index contributed by atoms with van der Waals surface area (Å²) in [6.07, 6.45) is 9.58. The van der Waals surface area contributed by atoms with Crippen molar-refractivity contribution >= 4 is 11.7 Å². The van der Waals surface area contributed by atoms with E-state index in [9.17, 15) is 4.79 Å². The lowest BCUT2D eigenvalue weighted by Gasteiger charge is -2.04. The van der Waals surface area contributed by atoms with Gasteiger partial charge in [-0.3, -0.25) is 4.57 Å². The molecule has 1 amide bonds. The van der Waals surface area contributed by atoms with Crippen LogP contribution in [0, 0.1) is 11.3 Å². The average Bonchev–Trinajstić information content (AvgIpc) is 3.23. The van der Waals surface area contributed by atoms with E-state index in [0.29, 0.717) is 11.3 Å². The molecule has 0 aliphatic carbocycles. The molecule has 7 heteroatoms. The molecule has 0 fully saturated rings. The number of anilines is 1. The highest BCUT2D eigenvalue weighted by Crippen LogP contribution is 2.09. The fourth-order valence-electron chi connectivity index (χ4n) is 1.41. The number of carbonyl (C=O) groups excluding carboxylic acids is 1. The second-order valence-corrected chi connectivity index (χ2v) is 3.85. The van der Waals surface area contributed by atoms with E-state index in [1.807, 2.05) is 6.07 Å². The van der Waals surface area contributed by atoms with Crippen LogP contribution in [-0.4, -0.2) is 25.6 Å². The van der Waals surface area contributed by atoms with Gasteiger partial charge in [0.1, 0.15) is 6.33 Å². The van der Waals surface area contributed by atoms with Crippen molar-refractivity contribution < 1.29 is 4.79 Å². The molecule has 3 aromatic rings. The molecule has 0 saturated heterocycles. The van der Waals surface area contributed by atoms with Gasteiger partial charge in [-0.15, -0.1) is 0 Å². The van der Waals surface area contributed by atoms with Gasteiger partial charge in [0.25, 0.3) is 0 Å². The molecule has 0 bridgehead atoms. The largest absolute Gasteiger partial charge is 0.351 e. The number of aromatic nitrogens is 4. The molecule has 2 heterocycles. The number of aromatic amines is 1. The van der Waals surface area contributed by atoms with Gasteiger partial charge in [0.15, 0.2) is 0 Å². The fourth-order valence-corrected chi connectivity index (χ4v) is 1.41. The van der Waals surface area contributed by atoms with E-state index in [-0.39, 0.29) is 6.03 Å². The molecule has 0 radical (unpaired) electrons. The zero-order chi connectivity index (χ0) is 14.9. The zero-order valence-electron chi connectivity index (χ0n) is 11.0. The van der Waals surface area contributed by atoms with Crippen molar-refractivity contribution in [3.05, 3.63) is 67.3 Å². The highest BCUT2D eigenvalue weighted by molar-refractivity contribution is 5.90. The maximum atomic E-state index is 11.6. The Labute approximate surface area is 120 Å². The van der Waals surface area contributed by atoms with Crippen molar-refractivity contribution in [2.45, 2.75) is 0 Å². The van der Waals surface area contributed by atoms with E-state index >= 15 is 0 Å². The lowest BCUT2D eigenvalue weighted by atomic mass is 10.2. The number of nitrogens with zero attached hydrogens (tertiary/aromatic N) is 4. The minimum Gasteiger partial charge on any atom is -0.351 e. The molecule has 1 aromatic carbocycles. The summed E-state index contributed by atoms with van der Waals surface area (Å²) in [5.74, 6) is 0. The number of benzene rings is 1. The molecular weight excluding hydrogens is 268 g/mol. The van der Waals surface area contributed by atoms with Gasteiger partial charge >= 0.3 is 6.03 Å². The predicted octanol–water partition coefficient (Wildman–Crippen LogP) is 2.24. The first-order chi connectivity index (χ1) is 10.3. The second-order valence-electron chi connectivity index (χ2n) is 3.85. The van der Waals surface area contributed by atoms with E-state index in [1.165, 1.54) is 17.1 Å². The number of nitrogens with one attached hydrogen (secondary N) is 2. The molecule has 0 aliphatic rings. The van der Waals surface area contributed by atoms with Crippen molar-refractivity contribution in [2.24, 2.45) is 0 Å². The van der Waals surface area contributed by atoms with E-state index in [1.54, 1.807) is 49.2 Å². The van der Waals surface area contributed by atoms with Gasteiger partial charge in [-0.25, -0.2) is 14.8 Å². The molecule has 0 aliphatic heterocycles. The normalized spacial score (nSPS) is 9.10. The second kappa shape index (κ2) is 7.25. The van der Waals surface area contributed by atoms with Crippen LogP contribution in [0.1, 0.15) is 5.56 Å². The SMILES string of the molecule is N#Cc1ccc(NC(=O)n2ccnc2)cc1.c1c[nH]cn1. The van der Waals surface area contributed by atoms with E-state index in [0.717, 1.165) is 0 Å². The summed E-state index contributed by atoms with van der Waals surface area (Å²) < 4.78 is 1.33. The summed E-state index contributed by atoms with van der Waals surface area (Å²) in [5.41, 5.74) is 1.19. The summed E-state index contributed by atoms with van der Waals surface area (Å²) in [5, 5.41) is 11.3. The van der Waals surface area contributed by atoms with Gasteiger partial charge < -0.3 is 10.3 Å². The number of hydrogen-bond acceptors (Lipinski definition) is 4. The van der Waals surface area contributed by atoms with Crippen LogP contribution >= 0.6 is 0 Å². The third-order valence-electron chi connectivity index (χ3n) is 2.41. The molecule has 104 valence electrons. The van der Waals surface area contributed by atoms with E-state index in [4.69, 9.17) is 5.26 Å². The number of rotatable bonds is 1. The Hall–Kier alpha value is -3.40. The van der Waals surface area contributed by atoms with Gasteiger partial charge in [-0.1, -0.05) is 0 Å². The van der Waals surface area contributed by atoms with Crippen molar-refractivity contribution in [3.63, 3.8) is 0 Å². The number of H-pyrrole nitrogens is 1. The molecule has 3 rings (SSSR count). The zero-order valence-corrected chi connectivity index (χ0v) is 11.0. The van der Waals surface area contributed by atoms with Crippen LogP contribution in [-0.2, 0) is 0 Å². The molecule has 0 atom stereocenters. The van der Waals surface area contributed by atoms with Crippen LogP contribution in [0.4, 0.5) is 10.5 Å². The molecular formula is C14H12N6O. The third-order valence-corrected chi connectivity index (χ3v) is 2.41. The van der Waals surface area contributed by atoms with Crippen LogP contribution in [0.5, 0.6) is 0 Å². The van der Waals surface area contributed by atoms with Gasteiger partial charge in [0.2, 0.25) is 0 Å². The van der Waals surface area contributed by atoms with Crippen molar-refractivity contribution in [3.8, 4) is 6.07 Å². The van der Waals surface area contributed by atoms with Crippen molar-refractivity contribution in [1.82, 2.24) is 19.5 Å². The van der Waals surface area contributed by atoms with Crippen LogP contribution in [0.25, 0.3) is 0 Å². The number of imidazole rings is 2. The summed E-state index contributed by atoms with van der Waals surface area (Å²) in [4.78, 5) is 21.8. The summed E-state index contributed by atoms with van der Waals surface area (Å²) in [6, 6.07) is 8.35. The Kier molecular flexibility index (Phi) is 4.84. The lowest BCUT2D eigenvalue weighted by Crippen LogP contribution is -2.17. The predicted molar refractivity (Wildman–Crippen MR) is 76.4 cm³/mol. The van der Waals surface area contributed by atoms with Gasteiger partial charge in [-0.05, 0) is 24.3 Å². The Bertz CT molecular complexity index is 678. The van der Waals surface area contributed by atoms with Crippen LogP contribution in [0.3, 0.4) is 0 Å². The highest BCUT2D eigenvalue weighted by Gasteiger charge is 2.03. The molecule has 2 N–H and O–H groups in total. The average molecular weight is 280 g/mol. The minimum atomic E-state index is -0.290. The number of nitriles is 1. The van der Waals surface area contributed by atoms with Crippen molar-refractivity contribution in [1.29, 1.82) is 5.26 Å². The molecule has 0 unspecified atom stereocenters. The van der Waals surface area contributed by atoms with Crippen LogP contribution in [0.15, 0.2) is 61.7 Å². The Morgan fingerprint density at radius 3 is 2.52 bits per heavy atom. The van der Waals surface area contributed by atoms with Gasteiger partial charge in [0, 0.05) is 30.5 Å². The first-order valence-electron chi connectivity index (χ1n) is 6.02. The number of carbonyl (C=O) groups is 1. The number of amides is 1. The molecule has 0 saturated carbocycles. The van der Waals surface area contributed by atoms with Crippen LogP contribution in [0.2, 0.25) is 0 Å². The maximum Gasteiger partial charge on any atom is 0.331 e. The number of hydrogen-bond donors (Lipinski definition) is 2. The molecule has 21 heavy (non-hydrogen) atoms. The lowest BCUT2D eigenvalue weighted by molar-refractivity contribution is 0.253. The smallest absolute Gasteiger partial charge is 0.331 e. The monoisotopic (exact) mass is 280 g/mol. The van der Waals surface area contributed by atoms with E-state index in [2.05, 4.69) is 20.3 Å². The summed E-state index contributed by atoms with van der Waals surface area (Å²) >= 11 is 0. The summed E-state index contributed by atoms with van der Waals surface area (Å²) in [6.45, 7) is 0. The Balaban J connectivity index is 0.000000272. The summed E-state index contributed by atoms with van der Waals surface area (Å²) in [7, 11) is 0. The van der Waals surface area contributed by atoms with Gasteiger partial charge in [0.05, 0.1) is 18.0 Å². The standard InChI is InChI=1S/C11H8N4O.C3H4N2/c12-7-9-1-3-10(4-2-9)14-11(16)15-6-5-13-8-15;1-2-5-3-4-1/h1-6,8H,(H,14,16);1-3H,(H,4,5). The minimum absolute atomic E-state index is 0.290. The van der Waals surface area contributed by atoms with E-state index < -0.39 is 0 Å². The van der Waals surface area contributed by atoms with Gasteiger partial charge in [-0.2, -0.15) is 5.26 Å². The first kappa shape index (κ1) is 14.0. The molecule has 0 spiro atoms. The quantitative estimate of drug-likeness (QED) is 0.714. The fraction of sp³-hybridized carbons (Fsp3) is 0. The molecule has 7 nitrogen and oxygen atoms in total. The Morgan fingerprint density at radius 1 is 1.24 bits per heavy atom. The third kappa shape index (κ3) is 4.33. The first-order valence-corrected chi connectivity index (χ1v) is 6.02. The Morgan fingerprint density at radius 2 is 2.05 bits per heavy atom. The topological polar surface area (TPSA) is 99.4 Å².